The molecule has 1 atom stereocenters. The van der Waals surface area contributed by atoms with Gasteiger partial charge in [-0.1, -0.05) is 6.08 Å². The molecule has 2 aromatic rings. The summed E-state index contributed by atoms with van der Waals surface area (Å²) in [5, 5.41) is 6.18. The number of hydrogen-bond donors (Lipinski definition) is 2. The standard InChI is InChI=1S/C16H20FN5OS/c1-21-6-2-3-12(21)14-4-5-15(24-14)13(7-11(8-17)9-18)22-10-19-20-16(22)23/h3-5,8,10,13H,2,6-7,9,18H2,1H3,(H,20,23)/b11-8+. The highest BCUT2D eigenvalue weighted by molar-refractivity contribution is 7.13. The minimum Gasteiger partial charge on any atom is -0.373 e. The number of aromatic amines is 1. The molecule has 0 aliphatic carbocycles. The number of nitrogens with two attached hydrogens (primary N) is 1. The van der Waals surface area contributed by atoms with Crippen molar-refractivity contribution in [2.45, 2.75) is 18.9 Å². The zero-order valence-corrected chi connectivity index (χ0v) is 14.2. The summed E-state index contributed by atoms with van der Waals surface area (Å²) < 4.78 is 14.5. The molecule has 0 amide bonds. The van der Waals surface area contributed by atoms with Gasteiger partial charge in [0.05, 0.1) is 17.2 Å². The largest absolute Gasteiger partial charge is 0.373 e. The quantitative estimate of drug-likeness (QED) is 0.837. The Labute approximate surface area is 143 Å². The maximum atomic E-state index is 13.0. The molecule has 3 heterocycles. The molecule has 1 aliphatic rings. The van der Waals surface area contributed by atoms with Gasteiger partial charge in [-0.25, -0.2) is 14.3 Å². The van der Waals surface area contributed by atoms with Crippen molar-refractivity contribution >= 4 is 17.0 Å². The van der Waals surface area contributed by atoms with Gasteiger partial charge in [-0.05, 0) is 30.5 Å². The molecule has 6 nitrogen and oxygen atoms in total. The third-order valence-electron chi connectivity index (χ3n) is 4.21. The zero-order chi connectivity index (χ0) is 17.1. The summed E-state index contributed by atoms with van der Waals surface area (Å²) in [6.07, 6.45) is 5.55. The van der Waals surface area contributed by atoms with E-state index in [0.29, 0.717) is 18.3 Å². The molecule has 24 heavy (non-hydrogen) atoms. The van der Waals surface area contributed by atoms with Crippen molar-refractivity contribution in [2.75, 3.05) is 20.1 Å². The van der Waals surface area contributed by atoms with Crippen molar-refractivity contribution in [1.82, 2.24) is 19.7 Å². The molecular weight excluding hydrogens is 329 g/mol. The lowest BCUT2D eigenvalue weighted by atomic mass is 10.1. The first-order valence-electron chi connectivity index (χ1n) is 7.75. The fourth-order valence-electron chi connectivity index (χ4n) is 2.86. The minimum absolute atomic E-state index is 0.117. The fraction of sp³-hybridized carbons (Fsp3) is 0.375. The second-order valence-corrected chi connectivity index (χ2v) is 6.88. The van der Waals surface area contributed by atoms with Crippen LogP contribution in [0, 0.1) is 0 Å². The zero-order valence-electron chi connectivity index (χ0n) is 13.4. The van der Waals surface area contributed by atoms with Crippen LogP contribution in [0.3, 0.4) is 0 Å². The van der Waals surface area contributed by atoms with E-state index in [-0.39, 0.29) is 18.3 Å². The Kier molecular flexibility index (Phi) is 4.96. The first-order chi connectivity index (χ1) is 11.6. The Balaban J connectivity index is 1.96. The Hall–Kier alpha value is -2.19. The van der Waals surface area contributed by atoms with Crippen LogP contribution in [0.15, 0.2) is 41.2 Å². The summed E-state index contributed by atoms with van der Waals surface area (Å²) >= 11 is 1.61. The molecule has 128 valence electrons. The van der Waals surface area contributed by atoms with Crippen LogP contribution in [0.4, 0.5) is 4.39 Å². The molecule has 1 aliphatic heterocycles. The maximum Gasteiger partial charge on any atom is 0.343 e. The molecular formula is C16H20FN5OS. The lowest BCUT2D eigenvalue weighted by Crippen LogP contribution is -2.23. The van der Waals surface area contributed by atoms with Gasteiger partial charge in [-0.3, -0.25) is 4.57 Å². The first kappa shape index (κ1) is 16.7. The first-order valence-corrected chi connectivity index (χ1v) is 8.56. The van der Waals surface area contributed by atoms with E-state index in [2.05, 4.69) is 28.2 Å². The third-order valence-corrected chi connectivity index (χ3v) is 5.41. The highest BCUT2D eigenvalue weighted by Gasteiger charge is 2.22. The van der Waals surface area contributed by atoms with E-state index in [1.54, 1.807) is 11.3 Å². The van der Waals surface area contributed by atoms with Gasteiger partial charge in [0.15, 0.2) is 0 Å². The average molecular weight is 349 g/mol. The van der Waals surface area contributed by atoms with Crippen molar-refractivity contribution in [1.29, 1.82) is 0 Å². The molecule has 0 bridgehead atoms. The molecule has 8 heteroatoms. The SMILES string of the molecule is CN1CCC=C1c1ccc(C(C/C(=C\F)CN)n2cn[nH]c2=O)s1. The van der Waals surface area contributed by atoms with Crippen LogP contribution in [0.2, 0.25) is 0 Å². The molecule has 0 spiro atoms. The number of H-pyrrole nitrogens is 1. The second-order valence-electron chi connectivity index (χ2n) is 5.76. The summed E-state index contributed by atoms with van der Waals surface area (Å²) in [7, 11) is 2.06. The smallest absolute Gasteiger partial charge is 0.343 e. The molecule has 0 aromatic carbocycles. The van der Waals surface area contributed by atoms with Crippen molar-refractivity contribution in [3.8, 4) is 0 Å². The monoisotopic (exact) mass is 349 g/mol. The Morgan fingerprint density at radius 3 is 3.00 bits per heavy atom. The molecule has 3 N–H and O–H groups in total. The van der Waals surface area contributed by atoms with Gasteiger partial charge in [0.2, 0.25) is 0 Å². The fourth-order valence-corrected chi connectivity index (χ4v) is 4.07. The third kappa shape index (κ3) is 3.20. The van der Waals surface area contributed by atoms with Crippen LogP contribution in [0.5, 0.6) is 0 Å². The van der Waals surface area contributed by atoms with E-state index in [9.17, 15) is 9.18 Å². The molecule has 0 saturated heterocycles. The van der Waals surface area contributed by atoms with Gasteiger partial charge < -0.3 is 10.6 Å². The number of thiophene rings is 1. The van der Waals surface area contributed by atoms with Crippen LogP contribution in [0.25, 0.3) is 5.70 Å². The Morgan fingerprint density at radius 1 is 1.58 bits per heavy atom. The predicted molar refractivity (Wildman–Crippen MR) is 93.4 cm³/mol. The van der Waals surface area contributed by atoms with Crippen LogP contribution >= 0.6 is 11.3 Å². The van der Waals surface area contributed by atoms with Gasteiger partial charge in [0.1, 0.15) is 6.33 Å². The predicted octanol–water partition coefficient (Wildman–Crippen LogP) is 2.10. The van der Waals surface area contributed by atoms with E-state index in [4.69, 9.17) is 5.73 Å². The molecule has 0 saturated carbocycles. The lowest BCUT2D eigenvalue weighted by Gasteiger charge is -2.17. The molecule has 0 fully saturated rings. The topological polar surface area (TPSA) is 79.9 Å². The highest BCUT2D eigenvalue weighted by Crippen LogP contribution is 2.35. The minimum atomic E-state index is -0.326. The second kappa shape index (κ2) is 7.14. The van der Waals surface area contributed by atoms with E-state index in [1.165, 1.54) is 16.6 Å². The number of nitrogens with zero attached hydrogens (tertiary/aromatic N) is 3. The van der Waals surface area contributed by atoms with Crippen molar-refractivity contribution in [2.24, 2.45) is 5.73 Å². The molecule has 3 rings (SSSR count). The number of rotatable bonds is 6. The van der Waals surface area contributed by atoms with Crippen molar-refractivity contribution in [3.05, 3.63) is 56.7 Å². The van der Waals surface area contributed by atoms with Crippen LogP contribution in [-0.2, 0) is 0 Å². The van der Waals surface area contributed by atoms with E-state index in [0.717, 1.165) is 22.7 Å². The van der Waals surface area contributed by atoms with Gasteiger partial charge >= 0.3 is 5.69 Å². The van der Waals surface area contributed by atoms with Crippen LogP contribution in [-0.4, -0.2) is 39.8 Å². The summed E-state index contributed by atoms with van der Waals surface area (Å²) in [6.45, 7) is 1.13. The van der Waals surface area contributed by atoms with Crippen molar-refractivity contribution in [3.63, 3.8) is 0 Å². The summed E-state index contributed by atoms with van der Waals surface area (Å²) in [5.74, 6) is 0. The highest BCUT2D eigenvalue weighted by atomic mass is 32.1. The van der Waals surface area contributed by atoms with Gasteiger partial charge in [-0.15, -0.1) is 11.3 Å². The average Bonchev–Trinajstić information content (AvgIpc) is 3.30. The normalized spacial score (nSPS) is 16.5. The molecule has 1 unspecified atom stereocenters. The van der Waals surface area contributed by atoms with E-state index < -0.39 is 0 Å². The Morgan fingerprint density at radius 2 is 2.42 bits per heavy atom. The van der Waals surface area contributed by atoms with E-state index in [1.807, 2.05) is 12.1 Å². The summed E-state index contributed by atoms with van der Waals surface area (Å²) in [5.41, 5.74) is 6.93. The molecule has 0 radical (unpaired) electrons. The number of aromatic nitrogens is 3. The Bertz CT molecular complexity index is 818. The lowest BCUT2D eigenvalue weighted by molar-refractivity contribution is 0.518. The summed E-state index contributed by atoms with van der Waals surface area (Å²) in [4.78, 5) is 16.3. The van der Waals surface area contributed by atoms with Crippen LogP contribution in [0.1, 0.15) is 28.6 Å². The number of halogens is 1. The number of nitrogens with one attached hydrogen (secondary N) is 1. The van der Waals surface area contributed by atoms with Gasteiger partial charge in [0.25, 0.3) is 0 Å². The van der Waals surface area contributed by atoms with Gasteiger partial charge in [0, 0.05) is 30.7 Å². The summed E-state index contributed by atoms with van der Waals surface area (Å²) in [6, 6.07) is 3.71. The van der Waals surface area contributed by atoms with Crippen LogP contribution < -0.4 is 11.4 Å². The number of hydrogen-bond acceptors (Lipinski definition) is 5. The maximum absolute atomic E-state index is 13.0. The molecule has 2 aromatic heterocycles. The van der Waals surface area contributed by atoms with E-state index >= 15 is 0 Å². The van der Waals surface area contributed by atoms with Crippen molar-refractivity contribution < 1.29 is 4.39 Å². The van der Waals surface area contributed by atoms with Gasteiger partial charge in [-0.2, -0.15) is 5.10 Å².